The van der Waals surface area contributed by atoms with Gasteiger partial charge in [-0.15, -0.1) is 34.4 Å². The lowest BCUT2D eigenvalue weighted by molar-refractivity contribution is -0.169. The molecule has 3 aliphatic rings. The van der Waals surface area contributed by atoms with Crippen LogP contribution in [0.1, 0.15) is 105 Å². The summed E-state index contributed by atoms with van der Waals surface area (Å²) in [5.74, 6) is 2.46. The van der Waals surface area contributed by atoms with Crippen LogP contribution in [0.4, 0.5) is 0 Å². The summed E-state index contributed by atoms with van der Waals surface area (Å²) in [6, 6.07) is 7.71. The van der Waals surface area contributed by atoms with Gasteiger partial charge in [0.1, 0.15) is 5.76 Å². The second kappa shape index (κ2) is 25.7. The van der Waals surface area contributed by atoms with Crippen LogP contribution in [0, 0.1) is 6.92 Å². The molecule has 2 N–H and O–H groups in total. The van der Waals surface area contributed by atoms with Gasteiger partial charge >= 0.3 is 0 Å². The zero-order valence-corrected chi connectivity index (χ0v) is 35.8. The van der Waals surface area contributed by atoms with Crippen molar-refractivity contribution in [2.24, 2.45) is 0 Å². The Balaban J connectivity index is 0.000000157. The van der Waals surface area contributed by atoms with Gasteiger partial charge in [0.2, 0.25) is 0 Å². The van der Waals surface area contributed by atoms with Crippen molar-refractivity contribution in [3.63, 3.8) is 0 Å². The third kappa shape index (κ3) is 16.1. The number of aryl methyl sites for hydroxylation is 2. The van der Waals surface area contributed by atoms with Gasteiger partial charge in [-0.2, -0.15) is 22.7 Å². The van der Waals surface area contributed by atoms with Crippen molar-refractivity contribution in [2.45, 2.75) is 110 Å². The molecule has 55 heavy (non-hydrogen) atoms. The number of thiophene rings is 4. The van der Waals surface area contributed by atoms with E-state index in [1.807, 2.05) is 58.6 Å². The fourth-order valence-electron chi connectivity index (χ4n) is 5.46. The molecule has 14 heteroatoms. The van der Waals surface area contributed by atoms with Crippen LogP contribution >= 0.6 is 57.1 Å². The van der Waals surface area contributed by atoms with Crippen molar-refractivity contribution in [2.75, 3.05) is 19.0 Å². The molecule has 0 spiro atoms. The number of ketones is 2. The molecule has 5 aromatic rings. The molecule has 0 aliphatic carbocycles. The van der Waals surface area contributed by atoms with Crippen LogP contribution in [0.15, 0.2) is 72.1 Å². The highest BCUT2D eigenvalue weighted by Crippen LogP contribution is 2.35. The van der Waals surface area contributed by atoms with Crippen LogP contribution in [0.2, 0.25) is 0 Å². The molecule has 0 saturated carbocycles. The topological polar surface area (TPSA) is 125 Å². The number of Topliss-reactive ketones (excluding diaryl/α,β-unsaturated/α-hetero) is 2. The maximum absolute atomic E-state index is 11.3. The molecule has 3 aliphatic heterocycles. The third-order valence-corrected chi connectivity index (χ3v) is 13.2. The number of carbonyl (C=O) groups excluding carboxylic acids is 2. The van der Waals surface area contributed by atoms with Crippen LogP contribution in [0.3, 0.4) is 0 Å². The predicted octanol–water partition coefficient (Wildman–Crippen LogP) is 10.7. The molecule has 9 nitrogen and oxygen atoms in total. The van der Waals surface area contributed by atoms with Crippen molar-refractivity contribution >= 4 is 68.7 Å². The van der Waals surface area contributed by atoms with E-state index in [4.69, 9.17) is 33.6 Å². The summed E-state index contributed by atoms with van der Waals surface area (Å²) < 4.78 is 27.4. The minimum atomic E-state index is -0.0894. The lowest BCUT2D eigenvalue weighted by Crippen LogP contribution is -2.22. The smallest absolute Gasteiger partial charge is 0.170 e. The lowest BCUT2D eigenvalue weighted by atomic mass is 10.2. The second-order valence-corrected chi connectivity index (χ2v) is 17.2. The monoisotopic (exact) mass is 848 g/mol. The Morgan fingerprint density at radius 3 is 1.80 bits per heavy atom. The van der Waals surface area contributed by atoms with Crippen LogP contribution < -0.4 is 0 Å². The van der Waals surface area contributed by atoms with E-state index < -0.39 is 0 Å². The standard InChI is InChI=1S/C12H16O3S.C10H14O2S.C7H8O2S.C7H8OS.C5H6OS/c1-9(13)12-10(5-7-16-12)8-15-11-4-2-3-6-14-11;1-2-5-11-10(3-1)12-7-9-4-6-13-8-9;1-5(9)7-6(4-8)2-3-10-7;1-5-7-6(4-8-5)2-3-9-7;6-3-5-1-2-7-4-5/h5,7,11H,2-4,6,8H2,1H3;4,6,8,10H,1-3,5,7H2;2-3,8H,4H2,1H3;4H,2-3H2,1H3;1-2,4,6H,3H2. The van der Waals surface area contributed by atoms with Crippen molar-refractivity contribution in [3.8, 4) is 0 Å². The van der Waals surface area contributed by atoms with Crippen LogP contribution in [0.25, 0.3) is 0 Å². The van der Waals surface area contributed by atoms with E-state index in [0.717, 1.165) is 66.2 Å². The minimum Gasteiger partial charge on any atom is -0.468 e. The van der Waals surface area contributed by atoms with E-state index >= 15 is 0 Å². The SMILES string of the molecule is CC(=O)c1sccc1CO.CC(=O)c1sccc1COC1CCCCO1.Cc1occ2c1SCC2.OCc1ccsc1.c1cc(COC2CCCCO2)cs1. The van der Waals surface area contributed by atoms with Gasteiger partial charge in [0, 0.05) is 24.5 Å². The molecule has 2 atom stereocenters. The Morgan fingerprint density at radius 2 is 1.33 bits per heavy atom. The predicted molar refractivity (Wildman–Crippen MR) is 224 cm³/mol. The van der Waals surface area contributed by atoms with Gasteiger partial charge in [-0.3, -0.25) is 9.59 Å². The highest BCUT2D eigenvalue weighted by atomic mass is 32.2. The molecule has 8 heterocycles. The summed E-state index contributed by atoms with van der Waals surface area (Å²) in [6.07, 6.45) is 9.71. The molecule has 0 aromatic carbocycles. The van der Waals surface area contributed by atoms with E-state index in [0.29, 0.717) is 18.1 Å². The average Bonchev–Trinajstić information content (AvgIpc) is 4.07. The van der Waals surface area contributed by atoms with Crippen molar-refractivity contribution in [1.29, 1.82) is 0 Å². The van der Waals surface area contributed by atoms with Gasteiger partial charge in [-0.1, -0.05) is 0 Å². The first-order valence-corrected chi connectivity index (χ1v) is 23.0. The Labute approximate surface area is 344 Å². The lowest BCUT2D eigenvalue weighted by Gasteiger charge is -2.22. The van der Waals surface area contributed by atoms with E-state index in [1.54, 1.807) is 35.7 Å². The fraction of sp³-hybridized carbons (Fsp3) is 0.463. The number of thioether (sulfide) groups is 1. The molecule has 0 bridgehead atoms. The summed E-state index contributed by atoms with van der Waals surface area (Å²) in [4.78, 5) is 24.9. The number of fused-ring (bicyclic) bond motifs is 1. The van der Waals surface area contributed by atoms with E-state index in [2.05, 4.69) is 16.8 Å². The summed E-state index contributed by atoms with van der Waals surface area (Å²) in [5, 5.41) is 28.9. The fourth-order valence-corrected chi connectivity index (χ4v) is 9.52. The molecule has 5 aromatic heterocycles. The van der Waals surface area contributed by atoms with E-state index in [-0.39, 0.29) is 37.4 Å². The minimum absolute atomic E-state index is 0.0269. The Morgan fingerprint density at radius 1 is 0.745 bits per heavy atom. The van der Waals surface area contributed by atoms with Gasteiger partial charge in [-0.25, -0.2) is 0 Å². The molecule has 8 rings (SSSR count). The zero-order valence-electron chi connectivity index (χ0n) is 31.7. The first-order chi connectivity index (χ1) is 26.8. The largest absolute Gasteiger partial charge is 0.468 e. The quantitative estimate of drug-likeness (QED) is 0.131. The normalized spacial score (nSPS) is 17.2. The summed E-state index contributed by atoms with van der Waals surface area (Å²) in [7, 11) is 0. The Bertz CT molecular complexity index is 1760. The maximum Gasteiger partial charge on any atom is 0.170 e. The number of carbonyl (C=O) groups is 2. The van der Waals surface area contributed by atoms with Gasteiger partial charge in [0.05, 0.1) is 47.3 Å². The maximum atomic E-state index is 11.3. The second-order valence-electron chi connectivity index (χ2n) is 12.7. The van der Waals surface area contributed by atoms with E-state index in [9.17, 15) is 9.59 Å². The number of aliphatic hydroxyl groups is 2. The van der Waals surface area contributed by atoms with Crippen molar-refractivity contribution in [3.05, 3.63) is 106 Å². The van der Waals surface area contributed by atoms with Gasteiger partial charge in [0.25, 0.3) is 0 Å². The van der Waals surface area contributed by atoms with Gasteiger partial charge in [-0.05, 0) is 145 Å². The average molecular weight is 849 g/mol. The summed E-state index contributed by atoms with van der Waals surface area (Å²) >= 11 is 8.06. The number of hydrogen-bond donors (Lipinski definition) is 2. The van der Waals surface area contributed by atoms with Crippen LogP contribution in [0.5, 0.6) is 0 Å². The summed E-state index contributed by atoms with van der Waals surface area (Å²) in [5.41, 5.74) is 5.37. The number of aliphatic hydroxyl groups excluding tert-OH is 2. The number of ether oxygens (including phenoxy) is 4. The molecular weight excluding hydrogens is 797 g/mol. The van der Waals surface area contributed by atoms with Crippen LogP contribution in [-0.4, -0.2) is 53.3 Å². The molecular formula is C41H52O9S5. The first kappa shape index (κ1) is 45.2. The zero-order chi connectivity index (χ0) is 39.3. The molecule has 2 unspecified atom stereocenters. The van der Waals surface area contributed by atoms with E-state index in [1.165, 1.54) is 70.6 Å². The molecule has 2 fully saturated rings. The molecule has 0 radical (unpaired) electrons. The number of furan rings is 1. The van der Waals surface area contributed by atoms with Crippen molar-refractivity contribution in [1.82, 2.24) is 0 Å². The highest BCUT2D eigenvalue weighted by Gasteiger charge is 2.17. The first-order valence-electron chi connectivity index (χ1n) is 18.3. The Kier molecular flexibility index (Phi) is 21.1. The number of hydrogen-bond acceptors (Lipinski definition) is 14. The van der Waals surface area contributed by atoms with Crippen molar-refractivity contribution < 1.29 is 43.2 Å². The van der Waals surface area contributed by atoms with Gasteiger partial charge < -0.3 is 33.6 Å². The highest BCUT2D eigenvalue weighted by molar-refractivity contribution is 7.99. The Hall–Kier alpha value is -2.47. The molecule has 0 amide bonds. The molecule has 300 valence electrons. The third-order valence-electron chi connectivity index (χ3n) is 8.39. The van der Waals surface area contributed by atoms with Crippen LogP contribution in [-0.2, 0) is 51.8 Å². The van der Waals surface area contributed by atoms with Gasteiger partial charge in [0.15, 0.2) is 24.1 Å². The summed E-state index contributed by atoms with van der Waals surface area (Å²) in [6.45, 7) is 8.05. The molecule has 2 saturated heterocycles. The number of rotatable bonds is 10.